The van der Waals surface area contributed by atoms with Crippen molar-refractivity contribution in [2.45, 2.75) is 26.0 Å². The number of nitrogens with zero attached hydrogens (tertiary/aromatic N) is 1. The second kappa shape index (κ2) is 6.15. The first kappa shape index (κ1) is 14.5. The van der Waals surface area contributed by atoms with Crippen molar-refractivity contribution in [1.29, 1.82) is 0 Å². The lowest BCUT2D eigenvalue weighted by atomic mass is 9.97. The van der Waals surface area contributed by atoms with Crippen LogP contribution in [0.5, 0.6) is 0 Å². The number of anilines is 1. The number of aromatic nitrogens is 1. The van der Waals surface area contributed by atoms with Crippen LogP contribution in [0.15, 0.2) is 47.5 Å². The maximum absolute atomic E-state index is 12.5. The van der Waals surface area contributed by atoms with Crippen molar-refractivity contribution in [1.82, 2.24) is 4.57 Å². The Morgan fingerprint density at radius 1 is 1.36 bits per heavy atom. The van der Waals surface area contributed by atoms with Crippen molar-refractivity contribution in [2.24, 2.45) is 0 Å². The molecule has 1 aliphatic heterocycles. The Labute approximate surface area is 128 Å². The number of pyridine rings is 1. The van der Waals surface area contributed by atoms with E-state index in [1.165, 1.54) is 6.07 Å². The zero-order chi connectivity index (χ0) is 15.5. The molecule has 0 radical (unpaired) electrons. The lowest BCUT2D eigenvalue weighted by Gasteiger charge is -2.25. The zero-order valence-electron chi connectivity index (χ0n) is 12.4. The van der Waals surface area contributed by atoms with Gasteiger partial charge < -0.3 is 14.6 Å². The Morgan fingerprint density at radius 3 is 3.00 bits per heavy atom. The van der Waals surface area contributed by atoms with E-state index in [0.29, 0.717) is 6.61 Å². The molecule has 1 amide bonds. The summed E-state index contributed by atoms with van der Waals surface area (Å²) in [7, 11) is 0. The minimum Gasteiger partial charge on any atom is -0.363 e. The average Bonchev–Trinajstić information content (AvgIpc) is 2.56. The van der Waals surface area contributed by atoms with Crippen LogP contribution < -0.4 is 10.7 Å². The molecule has 1 aromatic carbocycles. The third-order valence-corrected chi connectivity index (χ3v) is 3.83. The maximum atomic E-state index is 12.5. The summed E-state index contributed by atoms with van der Waals surface area (Å²) in [5.74, 6) is -0.307. The van der Waals surface area contributed by atoms with Gasteiger partial charge in [-0.25, -0.2) is 0 Å². The molecule has 0 spiro atoms. The van der Waals surface area contributed by atoms with Crippen LogP contribution in [0.25, 0.3) is 0 Å². The second-order valence-corrected chi connectivity index (χ2v) is 5.24. The zero-order valence-corrected chi connectivity index (χ0v) is 12.4. The van der Waals surface area contributed by atoms with Gasteiger partial charge in [0.15, 0.2) is 6.10 Å². The second-order valence-electron chi connectivity index (χ2n) is 5.24. The van der Waals surface area contributed by atoms with E-state index in [9.17, 15) is 9.59 Å². The lowest BCUT2D eigenvalue weighted by Crippen LogP contribution is -2.30. The Bertz CT molecular complexity index is 752. The normalized spacial score (nSPS) is 16.9. The molecule has 5 heteroatoms. The molecular formula is C17H18N2O3. The number of nitrogens with one attached hydrogen (secondary N) is 1. The SMILES string of the molecule is CCn1ccc(=O)c(NC(=O)[C@@H]2OCCc3ccccc32)c1. The molecule has 5 nitrogen and oxygen atoms in total. The highest BCUT2D eigenvalue weighted by molar-refractivity contribution is 5.95. The average molecular weight is 298 g/mol. The first-order chi connectivity index (χ1) is 10.7. The van der Waals surface area contributed by atoms with E-state index in [0.717, 1.165) is 24.1 Å². The molecule has 2 heterocycles. The van der Waals surface area contributed by atoms with Gasteiger partial charge in [0.25, 0.3) is 5.91 Å². The molecule has 1 aromatic heterocycles. The molecule has 22 heavy (non-hydrogen) atoms. The predicted molar refractivity (Wildman–Crippen MR) is 83.8 cm³/mol. The molecule has 0 bridgehead atoms. The van der Waals surface area contributed by atoms with E-state index in [-0.39, 0.29) is 17.0 Å². The topological polar surface area (TPSA) is 60.3 Å². The largest absolute Gasteiger partial charge is 0.363 e. The molecule has 3 rings (SSSR count). The number of benzene rings is 1. The van der Waals surface area contributed by atoms with Crippen molar-refractivity contribution >= 4 is 11.6 Å². The summed E-state index contributed by atoms with van der Waals surface area (Å²) in [4.78, 5) is 24.4. The summed E-state index contributed by atoms with van der Waals surface area (Å²) >= 11 is 0. The number of hydrogen-bond donors (Lipinski definition) is 1. The van der Waals surface area contributed by atoms with Crippen LogP contribution in [-0.4, -0.2) is 17.1 Å². The Balaban J connectivity index is 1.86. The lowest BCUT2D eigenvalue weighted by molar-refractivity contribution is -0.128. The minimum absolute atomic E-state index is 0.206. The third kappa shape index (κ3) is 2.80. The fraction of sp³-hybridized carbons (Fsp3) is 0.294. The summed E-state index contributed by atoms with van der Waals surface area (Å²) < 4.78 is 7.45. The van der Waals surface area contributed by atoms with Crippen molar-refractivity contribution < 1.29 is 9.53 Å². The number of carbonyl (C=O) groups is 1. The van der Waals surface area contributed by atoms with E-state index in [4.69, 9.17) is 4.74 Å². The minimum atomic E-state index is -0.667. The van der Waals surface area contributed by atoms with Gasteiger partial charge in [0.2, 0.25) is 5.43 Å². The Hall–Kier alpha value is -2.40. The van der Waals surface area contributed by atoms with Crippen molar-refractivity contribution in [3.63, 3.8) is 0 Å². The van der Waals surface area contributed by atoms with Gasteiger partial charge in [-0.05, 0) is 24.5 Å². The highest BCUT2D eigenvalue weighted by Crippen LogP contribution is 2.27. The summed E-state index contributed by atoms with van der Waals surface area (Å²) in [5.41, 5.74) is 2.06. The fourth-order valence-electron chi connectivity index (χ4n) is 2.63. The highest BCUT2D eigenvalue weighted by Gasteiger charge is 2.27. The molecule has 0 fully saturated rings. The molecule has 1 aliphatic rings. The highest BCUT2D eigenvalue weighted by atomic mass is 16.5. The van der Waals surface area contributed by atoms with E-state index in [1.807, 2.05) is 35.8 Å². The molecule has 0 saturated carbocycles. The van der Waals surface area contributed by atoms with Crippen molar-refractivity contribution in [3.05, 3.63) is 64.1 Å². The molecule has 1 atom stereocenters. The first-order valence-electron chi connectivity index (χ1n) is 7.39. The predicted octanol–water partition coefficient (Wildman–Crippen LogP) is 2.12. The summed E-state index contributed by atoms with van der Waals surface area (Å²) in [5, 5.41) is 2.70. The molecule has 114 valence electrons. The smallest absolute Gasteiger partial charge is 0.258 e. The van der Waals surface area contributed by atoms with Gasteiger partial charge in [0, 0.05) is 25.0 Å². The number of carbonyl (C=O) groups excluding carboxylic acids is 1. The van der Waals surface area contributed by atoms with Crippen molar-refractivity contribution in [3.8, 4) is 0 Å². The van der Waals surface area contributed by atoms with Gasteiger partial charge in [-0.1, -0.05) is 24.3 Å². The van der Waals surface area contributed by atoms with E-state index >= 15 is 0 Å². The quantitative estimate of drug-likeness (QED) is 0.944. The third-order valence-electron chi connectivity index (χ3n) is 3.83. The van der Waals surface area contributed by atoms with Crippen LogP contribution >= 0.6 is 0 Å². The van der Waals surface area contributed by atoms with Crippen LogP contribution in [0.1, 0.15) is 24.2 Å². The number of ether oxygens (including phenoxy) is 1. The first-order valence-corrected chi connectivity index (χ1v) is 7.39. The number of hydrogen-bond acceptors (Lipinski definition) is 3. The van der Waals surface area contributed by atoms with Gasteiger partial charge in [0.05, 0.1) is 6.61 Å². The standard InChI is InChI=1S/C17H18N2O3/c1-2-19-9-7-15(20)14(11-19)18-17(21)16-13-6-4-3-5-12(13)8-10-22-16/h3-7,9,11,16H,2,8,10H2,1H3,(H,18,21)/t16-/m1/s1. The Kier molecular flexibility index (Phi) is 4.06. The van der Waals surface area contributed by atoms with Gasteiger partial charge >= 0.3 is 0 Å². The number of fused-ring (bicyclic) bond motifs is 1. The van der Waals surface area contributed by atoms with E-state index in [2.05, 4.69) is 5.32 Å². The van der Waals surface area contributed by atoms with Gasteiger partial charge in [-0.15, -0.1) is 0 Å². The summed E-state index contributed by atoms with van der Waals surface area (Å²) in [6.45, 7) is 3.20. The van der Waals surface area contributed by atoms with Crippen molar-refractivity contribution in [2.75, 3.05) is 11.9 Å². The van der Waals surface area contributed by atoms with Crippen LogP contribution in [-0.2, 0) is 22.5 Å². The number of amides is 1. The monoisotopic (exact) mass is 298 g/mol. The van der Waals surface area contributed by atoms with Crippen LogP contribution in [0.2, 0.25) is 0 Å². The molecule has 0 unspecified atom stereocenters. The molecule has 2 aromatic rings. The van der Waals surface area contributed by atoms with E-state index in [1.54, 1.807) is 12.4 Å². The molecular weight excluding hydrogens is 280 g/mol. The van der Waals surface area contributed by atoms with Gasteiger partial charge in [0.1, 0.15) is 5.69 Å². The number of rotatable bonds is 3. The molecule has 0 saturated heterocycles. The maximum Gasteiger partial charge on any atom is 0.258 e. The summed E-state index contributed by atoms with van der Waals surface area (Å²) in [6, 6.07) is 9.20. The van der Waals surface area contributed by atoms with Crippen LogP contribution in [0.3, 0.4) is 0 Å². The summed E-state index contributed by atoms with van der Waals surface area (Å²) in [6.07, 6.45) is 3.48. The van der Waals surface area contributed by atoms with Gasteiger partial charge in [-0.2, -0.15) is 0 Å². The Morgan fingerprint density at radius 2 is 2.18 bits per heavy atom. The van der Waals surface area contributed by atoms with Crippen LogP contribution in [0.4, 0.5) is 5.69 Å². The van der Waals surface area contributed by atoms with E-state index < -0.39 is 6.10 Å². The number of aryl methyl sites for hydroxylation is 1. The van der Waals surface area contributed by atoms with Gasteiger partial charge in [-0.3, -0.25) is 9.59 Å². The molecule has 0 aliphatic carbocycles. The van der Waals surface area contributed by atoms with Crippen LogP contribution in [0, 0.1) is 0 Å². The molecule has 1 N–H and O–H groups in total. The fourth-order valence-corrected chi connectivity index (χ4v) is 2.63.